The fourth-order valence-corrected chi connectivity index (χ4v) is 2.54. The fraction of sp³-hybridized carbons (Fsp3) is 0.294. The van der Waals surface area contributed by atoms with Crippen LogP contribution in [-0.2, 0) is 6.42 Å². The number of carbonyl (C=O) groups excluding carboxylic acids is 1. The molecule has 4 nitrogen and oxygen atoms in total. The number of benzene rings is 1. The number of pyridine rings is 1. The van der Waals surface area contributed by atoms with Crippen LogP contribution in [0.25, 0.3) is 0 Å². The second-order valence-corrected chi connectivity index (χ2v) is 6.40. The highest BCUT2D eigenvalue weighted by Gasteiger charge is 2.15. The molecule has 6 heteroatoms. The summed E-state index contributed by atoms with van der Waals surface area (Å²) in [6.45, 7) is 1.94. The maximum Gasteiger partial charge on any atom is 0.271 e. The number of amides is 1. The monoisotopic (exact) mass is 351 g/mol. The van der Waals surface area contributed by atoms with Gasteiger partial charge in [-0.3, -0.25) is 4.79 Å². The summed E-state index contributed by atoms with van der Waals surface area (Å²) in [4.78, 5) is 18.3. The minimum Gasteiger partial charge on any atom is -0.378 e. The molecule has 0 fully saturated rings. The number of rotatable bonds is 5. The van der Waals surface area contributed by atoms with E-state index in [1.165, 1.54) is 0 Å². The summed E-state index contributed by atoms with van der Waals surface area (Å²) in [7, 11) is 4.00. The van der Waals surface area contributed by atoms with Crippen molar-refractivity contribution in [1.29, 1.82) is 0 Å². The van der Waals surface area contributed by atoms with Crippen molar-refractivity contribution in [2.75, 3.05) is 19.0 Å². The maximum atomic E-state index is 12.2. The van der Waals surface area contributed by atoms with Crippen molar-refractivity contribution in [3.63, 3.8) is 0 Å². The molecule has 0 aliphatic rings. The summed E-state index contributed by atoms with van der Waals surface area (Å²) in [6, 6.07) is 11.3. The molecule has 0 bridgehead atoms. The third-order valence-corrected chi connectivity index (χ3v) is 3.91. The van der Waals surface area contributed by atoms with Gasteiger partial charge in [-0.05, 0) is 43.2 Å². The van der Waals surface area contributed by atoms with Crippen molar-refractivity contribution in [1.82, 2.24) is 10.3 Å². The van der Waals surface area contributed by atoms with E-state index in [-0.39, 0.29) is 27.8 Å². The quantitative estimate of drug-likeness (QED) is 0.833. The molecule has 1 unspecified atom stereocenters. The average molecular weight is 352 g/mol. The first-order chi connectivity index (χ1) is 10.9. The van der Waals surface area contributed by atoms with Crippen molar-refractivity contribution >= 4 is 34.8 Å². The fourth-order valence-electron chi connectivity index (χ4n) is 2.20. The smallest absolute Gasteiger partial charge is 0.271 e. The Morgan fingerprint density at radius 3 is 2.43 bits per heavy atom. The third kappa shape index (κ3) is 4.85. The molecule has 1 aromatic heterocycles. The Labute approximate surface area is 146 Å². The summed E-state index contributed by atoms with van der Waals surface area (Å²) in [6.07, 6.45) is 0.720. The molecular weight excluding hydrogens is 333 g/mol. The topological polar surface area (TPSA) is 45.2 Å². The number of nitrogens with one attached hydrogen (secondary N) is 1. The number of carbonyl (C=O) groups is 1. The molecule has 0 aliphatic carbocycles. The van der Waals surface area contributed by atoms with Gasteiger partial charge in [0.2, 0.25) is 0 Å². The first-order valence-corrected chi connectivity index (χ1v) is 8.01. The molecule has 122 valence electrons. The number of aromatic nitrogens is 1. The SMILES string of the molecule is CC(Cc1ccc(N(C)C)cc1)NC(=O)c1nc(Cl)ccc1Cl. The van der Waals surface area contributed by atoms with Crippen LogP contribution < -0.4 is 10.2 Å². The first kappa shape index (κ1) is 17.6. The van der Waals surface area contributed by atoms with E-state index >= 15 is 0 Å². The van der Waals surface area contributed by atoms with Crippen LogP contribution in [0.4, 0.5) is 5.69 Å². The van der Waals surface area contributed by atoms with Gasteiger partial charge < -0.3 is 10.2 Å². The zero-order valence-corrected chi connectivity index (χ0v) is 14.8. The number of anilines is 1. The molecular formula is C17H19Cl2N3O. The van der Waals surface area contributed by atoms with Crippen LogP contribution in [-0.4, -0.2) is 31.0 Å². The van der Waals surface area contributed by atoms with Crippen molar-refractivity contribution in [2.45, 2.75) is 19.4 Å². The summed E-state index contributed by atoms with van der Waals surface area (Å²) >= 11 is 11.8. The van der Waals surface area contributed by atoms with Gasteiger partial charge in [0.15, 0.2) is 0 Å². The van der Waals surface area contributed by atoms with E-state index in [0.717, 1.165) is 17.7 Å². The molecule has 1 N–H and O–H groups in total. The van der Waals surface area contributed by atoms with Crippen LogP contribution in [0.5, 0.6) is 0 Å². The summed E-state index contributed by atoms with van der Waals surface area (Å²) in [5.74, 6) is -0.324. The highest BCUT2D eigenvalue weighted by molar-refractivity contribution is 6.34. The van der Waals surface area contributed by atoms with Gasteiger partial charge in [0.05, 0.1) is 5.02 Å². The van der Waals surface area contributed by atoms with Crippen molar-refractivity contribution in [3.8, 4) is 0 Å². The van der Waals surface area contributed by atoms with Gasteiger partial charge in [-0.15, -0.1) is 0 Å². The van der Waals surface area contributed by atoms with E-state index in [0.29, 0.717) is 0 Å². The second kappa shape index (κ2) is 7.66. The molecule has 0 saturated heterocycles. The second-order valence-electron chi connectivity index (χ2n) is 5.60. The Kier molecular flexibility index (Phi) is 5.85. The van der Waals surface area contributed by atoms with Gasteiger partial charge in [-0.2, -0.15) is 0 Å². The maximum absolute atomic E-state index is 12.2. The van der Waals surface area contributed by atoms with Crippen LogP contribution in [0, 0.1) is 0 Å². The predicted molar refractivity (Wildman–Crippen MR) is 95.7 cm³/mol. The van der Waals surface area contributed by atoms with Crippen LogP contribution in [0.2, 0.25) is 10.2 Å². The van der Waals surface area contributed by atoms with Gasteiger partial charge in [-0.25, -0.2) is 4.98 Å². The van der Waals surface area contributed by atoms with Gasteiger partial charge in [0, 0.05) is 25.8 Å². The summed E-state index contributed by atoms with van der Waals surface area (Å²) in [5, 5.41) is 3.42. The minimum atomic E-state index is -0.324. The zero-order chi connectivity index (χ0) is 17.0. The minimum absolute atomic E-state index is 0.0513. The molecule has 0 spiro atoms. The van der Waals surface area contributed by atoms with Crippen LogP contribution in [0.1, 0.15) is 23.0 Å². The number of hydrogen-bond acceptors (Lipinski definition) is 3. The molecule has 0 saturated carbocycles. The lowest BCUT2D eigenvalue weighted by Crippen LogP contribution is -2.34. The standard InChI is InChI=1S/C17H19Cl2N3O/c1-11(10-12-4-6-13(7-5-12)22(2)3)20-17(23)16-14(18)8-9-15(19)21-16/h4-9,11H,10H2,1-3H3,(H,20,23). The van der Waals surface area contributed by atoms with Crippen molar-refractivity contribution < 1.29 is 4.79 Å². The van der Waals surface area contributed by atoms with Gasteiger partial charge in [0.1, 0.15) is 10.8 Å². The van der Waals surface area contributed by atoms with E-state index in [2.05, 4.69) is 34.6 Å². The predicted octanol–water partition coefficient (Wildman–Crippen LogP) is 3.82. The van der Waals surface area contributed by atoms with E-state index in [1.807, 2.05) is 25.9 Å². The zero-order valence-electron chi connectivity index (χ0n) is 13.3. The van der Waals surface area contributed by atoms with Gasteiger partial charge in [0.25, 0.3) is 5.91 Å². The number of halogens is 2. The van der Waals surface area contributed by atoms with Gasteiger partial charge >= 0.3 is 0 Å². The van der Waals surface area contributed by atoms with E-state index in [1.54, 1.807) is 12.1 Å². The molecule has 0 aliphatic heterocycles. The van der Waals surface area contributed by atoms with Crippen LogP contribution in [0.15, 0.2) is 36.4 Å². The summed E-state index contributed by atoms with van der Waals surface area (Å²) < 4.78 is 0. The first-order valence-electron chi connectivity index (χ1n) is 7.26. The molecule has 23 heavy (non-hydrogen) atoms. The van der Waals surface area contributed by atoms with Gasteiger partial charge in [-0.1, -0.05) is 35.3 Å². The third-order valence-electron chi connectivity index (χ3n) is 3.40. The number of hydrogen-bond donors (Lipinski definition) is 1. The highest BCUT2D eigenvalue weighted by atomic mass is 35.5. The van der Waals surface area contributed by atoms with Crippen molar-refractivity contribution in [2.24, 2.45) is 0 Å². The Balaban J connectivity index is 2.00. The molecule has 2 aromatic rings. The Morgan fingerprint density at radius 1 is 1.17 bits per heavy atom. The Bertz CT molecular complexity index is 687. The summed E-state index contributed by atoms with van der Waals surface area (Å²) in [5.41, 5.74) is 2.43. The molecule has 2 rings (SSSR count). The van der Waals surface area contributed by atoms with E-state index < -0.39 is 0 Å². The lowest BCUT2D eigenvalue weighted by atomic mass is 10.1. The average Bonchev–Trinajstić information content (AvgIpc) is 2.50. The van der Waals surface area contributed by atoms with Crippen LogP contribution in [0.3, 0.4) is 0 Å². The molecule has 0 radical (unpaired) electrons. The van der Waals surface area contributed by atoms with Crippen molar-refractivity contribution in [3.05, 3.63) is 57.8 Å². The number of nitrogens with zero attached hydrogens (tertiary/aromatic N) is 2. The molecule has 1 atom stereocenters. The van der Waals surface area contributed by atoms with E-state index in [4.69, 9.17) is 23.2 Å². The highest BCUT2D eigenvalue weighted by Crippen LogP contribution is 2.17. The normalized spacial score (nSPS) is 11.9. The molecule has 1 amide bonds. The Morgan fingerprint density at radius 2 is 1.83 bits per heavy atom. The molecule has 1 heterocycles. The largest absolute Gasteiger partial charge is 0.378 e. The Hall–Kier alpha value is -1.78. The molecule has 1 aromatic carbocycles. The lowest BCUT2D eigenvalue weighted by Gasteiger charge is -2.16. The lowest BCUT2D eigenvalue weighted by molar-refractivity contribution is 0.0935. The van der Waals surface area contributed by atoms with E-state index in [9.17, 15) is 4.79 Å². The van der Waals surface area contributed by atoms with Crippen LogP contribution >= 0.6 is 23.2 Å².